The van der Waals surface area contributed by atoms with Gasteiger partial charge in [0, 0.05) is 0 Å². The van der Waals surface area contributed by atoms with E-state index in [0.29, 0.717) is 0 Å². The third-order valence-corrected chi connectivity index (χ3v) is 8.00. The Labute approximate surface area is 239 Å². The first-order valence-electron chi connectivity index (χ1n) is 12.9. The van der Waals surface area contributed by atoms with E-state index in [1.807, 2.05) is 0 Å². The summed E-state index contributed by atoms with van der Waals surface area (Å²) in [5.74, 6) is -1.80. The Kier molecular flexibility index (Phi) is 10.5. The topological polar surface area (TPSA) is 202 Å². The van der Waals surface area contributed by atoms with Crippen molar-refractivity contribution in [2.24, 2.45) is 0 Å². The fourth-order valence-electron chi connectivity index (χ4n) is 4.00. The molecule has 1 saturated heterocycles. The summed E-state index contributed by atoms with van der Waals surface area (Å²) in [5, 5.41) is 15.3. The number of nitrogens with one attached hydrogen (secondary N) is 2. The number of ether oxygens (including phenoxy) is 3. The number of hydrogen-bond acceptors (Lipinski definition) is 12. The van der Waals surface area contributed by atoms with Crippen molar-refractivity contribution in [1.82, 2.24) is 29.7 Å². The molecule has 0 bridgehead atoms. The second kappa shape index (κ2) is 13.2. The van der Waals surface area contributed by atoms with Crippen molar-refractivity contribution in [3.8, 4) is 0 Å². The number of carbonyl (C=O) groups excluding carboxylic acids is 2. The number of halogens is 3. The van der Waals surface area contributed by atoms with Crippen molar-refractivity contribution in [2.45, 2.75) is 96.4 Å². The quantitative estimate of drug-likeness (QED) is 0.185. The van der Waals surface area contributed by atoms with Gasteiger partial charge in [0.1, 0.15) is 30.0 Å². The minimum atomic E-state index is -4.64. The van der Waals surface area contributed by atoms with Crippen LogP contribution in [0.25, 0.3) is 11.2 Å². The van der Waals surface area contributed by atoms with Crippen molar-refractivity contribution in [3.63, 3.8) is 0 Å². The number of aromatic nitrogens is 4. The zero-order valence-corrected chi connectivity index (χ0v) is 24.6. The van der Waals surface area contributed by atoms with Gasteiger partial charge in [-0.2, -0.15) is 0 Å². The molecule has 1 fully saturated rings. The number of imidazole rings is 1. The molecule has 15 nitrogen and oxygen atoms in total. The molecule has 19 heteroatoms. The summed E-state index contributed by atoms with van der Waals surface area (Å²) in [6, 6.07) is -2.67. The standard InChI is InChI=1S/C23H35F3N7O8P/c1-10(2)39-20(35)12(5)31-42(37,32-13(6)21(36)40-11(3)4)38-7-23(22(25)26)16(34)14(24)19(41-23)33-9-30-15-17(27)28-8-29-18(15)33/h8-14,16,19,22,34H,7H2,1-6H3,(H2,27,28,29)(H2,31,32,37)/t12-,13-,14-,16-,19+,23+/m0/s1. The number of alkyl halides is 3. The van der Waals surface area contributed by atoms with Crippen LogP contribution in [0.4, 0.5) is 19.0 Å². The molecule has 0 unspecified atom stereocenters. The fraction of sp³-hybridized carbons (Fsp3) is 0.696. The number of anilines is 1. The van der Waals surface area contributed by atoms with Crippen LogP contribution in [0.2, 0.25) is 0 Å². The summed E-state index contributed by atoms with van der Waals surface area (Å²) in [7, 11) is -4.64. The highest BCUT2D eigenvalue weighted by Gasteiger charge is 2.62. The van der Waals surface area contributed by atoms with Gasteiger partial charge in [0.25, 0.3) is 6.43 Å². The molecular weight excluding hydrogens is 590 g/mol. The molecule has 0 amide bonds. The highest BCUT2D eigenvalue weighted by molar-refractivity contribution is 7.54. The molecule has 2 aromatic rings. The van der Waals surface area contributed by atoms with Crippen LogP contribution in [0.5, 0.6) is 0 Å². The summed E-state index contributed by atoms with van der Waals surface area (Å²) < 4.78 is 80.3. The van der Waals surface area contributed by atoms with Crippen LogP contribution in [0.3, 0.4) is 0 Å². The Morgan fingerprint density at radius 3 is 2.14 bits per heavy atom. The molecule has 6 atom stereocenters. The first kappa shape index (κ1) is 33.6. The Hall–Kier alpha value is -2.89. The molecular formula is C23H35F3N7O8P. The molecule has 1 aliphatic heterocycles. The van der Waals surface area contributed by atoms with Gasteiger partial charge < -0.3 is 29.6 Å². The van der Waals surface area contributed by atoms with E-state index in [2.05, 4.69) is 25.1 Å². The first-order chi connectivity index (χ1) is 19.5. The molecule has 236 valence electrons. The minimum Gasteiger partial charge on any atom is -0.462 e. The number of carbonyl (C=O) groups is 2. The molecule has 1 aliphatic rings. The zero-order valence-electron chi connectivity index (χ0n) is 23.7. The number of nitrogens with zero attached hydrogens (tertiary/aromatic N) is 4. The van der Waals surface area contributed by atoms with E-state index in [9.17, 15) is 28.0 Å². The Morgan fingerprint density at radius 1 is 1.10 bits per heavy atom. The van der Waals surface area contributed by atoms with Gasteiger partial charge in [-0.1, -0.05) is 0 Å². The summed E-state index contributed by atoms with van der Waals surface area (Å²) in [5.41, 5.74) is 2.65. The molecule has 5 N–H and O–H groups in total. The largest absolute Gasteiger partial charge is 0.462 e. The highest BCUT2D eigenvalue weighted by Crippen LogP contribution is 2.47. The predicted octanol–water partition coefficient (Wildman–Crippen LogP) is 1.62. The normalized spacial score (nSPS) is 24.5. The molecule has 0 aromatic carbocycles. The van der Waals surface area contributed by atoms with Crippen molar-refractivity contribution in [1.29, 1.82) is 0 Å². The average molecular weight is 626 g/mol. The SMILES string of the molecule is CC(C)OC(=O)[C@H](C)NP(=O)(N[C@@H](C)C(=O)OC(C)C)OC[C@@]1(C(F)F)O[C@@H](n2cnc3c(N)ncnc32)[C@@H](F)[C@@H]1O. The van der Waals surface area contributed by atoms with Gasteiger partial charge in [0.05, 0.1) is 25.1 Å². The number of esters is 2. The van der Waals surface area contributed by atoms with E-state index in [1.165, 1.54) is 13.8 Å². The van der Waals surface area contributed by atoms with E-state index in [-0.39, 0.29) is 17.0 Å². The molecule has 0 aliphatic carbocycles. The molecule has 0 spiro atoms. The van der Waals surface area contributed by atoms with Gasteiger partial charge in [-0.25, -0.2) is 38.3 Å². The first-order valence-corrected chi connectivity index (χ1v) is 14.6. The minimum absolute atomic E-state index is 0.0380. The second-order valence-electron chi connectivity index (χ2n) is 10.2. The van der Waals surface area contributed by atoms with Crippen LogP contribution in [0.15, 0.2) is 12.7 Å². The molecule has 2 aromatic heterocycles. The monoisotopic (exact) mass is 625 g/mol. The molecule has 3 rings (SSSR count). The smallest absolute Gasteiger partial charge is 0.342 e. The summed E-state index contributed by atoms with van der Waals surface area (Å²) >= 11 is 0. The van der Waals surface area contributed by atoms with Gasteiger partial charge in [0.2, 0.25) is 0 Å². The van der Waals surface area contributed by atoms with Crippen molar-refractivity contribution >= 4 is 36.6 Å². The van der Waals surface area contributed by atoms with E-state index >= 15 is 4.39 Å². The van der Waals surface area contributed by atoms with Crippen LogP contribution >= 0.6 is 7.67 Å². The van der Waals surface area contributed by atoms with Crippen LogP contribution in [0.1, 0.15) is 47.8 Å². The lowest BCUT2D eigenvalue weighted by molar-refractivity contribution is -0.191. The van der Waals surface area contributed by atoms with Gasteiger partial charge in [-0.3, -0.25) is 18.7 Å². The third kappa shape index (κ3) is 7.18. The summed E-state index contributed by atoms with van der Waals surface area (Å²) in [6.45, 7) is 7.44. The van der Waals surface area contributed by atoms with Crippen LogP contribution < -0.4 is 15.9 Å². The summed E-state index contributed by atoms with van der Waals surface area (Å²) in [6.07, 6.45) is -9.43. The zero-order chi connectivity index (χ0) is 31.6. The van der Waals surface area contributed by atoms with Gasteiger partial charge in [0.15, 0.2) is 29.5 Å². The average Bonchev–Trinajstić information content (AvgIpc) is 3.42. The van der Waals surface area contributed by atoms with E-state index in [1.54, 1.807) is 27.7 Å². The van der Waals surface area contributed by atoms with Crippen molar-refractivity contribution < 1.29 is 51.2 Å². The Balaban J connectivity index is 1.91. The van der Waals surface area contributed by atoms with Gasteiger partial charge in [-0.05, 0) is 41.5 Å². The lowest BCUT2D eigenvalue weighted by Crippen LogP contribution is -2.53. The highest BCUT2D eigenvalue weighted by atomic mass is 31.2. The van der Waals surface area contributed by atoms with Crippen molar-refractivity contribution in [3.05, 3.63) is 12.7 Å². The van der Waals surface area contributed by atoms with E-state index < -0.39 is 81.0 Å². The predicted molar refractivity (Wildman–Crippen MR) is 141 cm³/mol. The van der Waals surface area contributed by atoms with Crippen molar-refractivity contribution in [2.75, 3.05) is 12.3 Å². The number of nitrogens with two attached hydrogens (primary N) is 1. The summed E-state index contributed by atoms with van der Waals surface area (Å²) in [4.78, 5) is 36.4. The third-order valence-electron chi connectivity index (χ3n) is 6.06. The lowest BCUT2D eigenvalue weighted by atomic mass is 9.97. The number of aliphatic hydroxyl groups is 1. The van der Waals surface area contributed by atoms with Crippen LogP contribution in [0, 0.1) is 0 Å². The number of rotatable bonds is 13. The molecule has 0 radical (unpaired) electrons. The van der Waals surface area contributed by atoms with Gasteiger partial charge in [-0.15, -0.1) is 0 Å². The molecule has 0 saturated carbocycles. The van der Waals surface area contributed by atoms with Crippen LogP contribution in [-0.4, -0.2) is 91.8 Å². The molecule has 3 heterocycles. The Bertz CT molecular complexity index is 1280. The van der Waals surface area contributed by atoms with Crippen LogP contribution in [-0.2, 0) is 32.9 Å². The maximum absolute atomic E-state index is 15.4. The van der Waals surface area contributed by atoms with Gasteiger partial charge >= 0.3 is 19.6 Å². The fourth-order valence-corrected chi connectivity index (χ4v) is 5.84. The maximum Gasteiger partial charge on any atom is 0.342 e. The number of nitrogen functional groups attached to an aromatic ring is 1. The number of aliphatic hydroxyl groups excluding tert-OH is 1. The van der Waals surface area contributed by atoms with E-state index in [4.69, 9.17) is 24.5 Å². The second-order valence-corrected chi connectivity index (χ2v) is 12.1. The number of hydrogen-bond donors (Lipinski definition) is 4. The molecule has 42 heavy (non-hydrogen) atoms. The lowest BCUT2D eigenvalue weighted by Gasteiger charge is -2.33. The number of fused-ring (bicyclic) bond motifs is 1. The Morgan fingerprint density at radius 2 is 1.64 bits per heavy atom. The van der Waals surface area contributed by atoms with E-state index in [0.717, 1.165) is 17.2 Å². The maximum atomic E-state index is 15.4.